The van der Waals surface area contributed by atoms with Crippen LogP contribution in [0.5, 0.6) is 0 Å². The summed E-state index contributed by atoms with van der Waals surface area (Å²) in [5.74, 6) is -0.0114. The molecule has 0 radical (unpaired) electrons. The van der Waals surface area contributed by atoms with E-state index in [1.165, 1.54) is 12.1 Å². The smallest absolute Gasteiger partial charge is 0.198 e. The minimum atomic E-state index is -0.322. The number of benzene rings is 1. The summed E-state index contributed by atoms with van der Waals surface area (Å²) in [7, 11) is 0. The van der Waals surface area contributed by atoms with Gasteiger partial charge in [0.2, 0.25) is 0 Å². The average Bonchev–Trinajstić information content (AvgIpc) is 2.67. The zero-order valence-corrected chi connectivity index (χ0v) is 10.3. The fourth-order valence-electron chi connectivity index (χ4n) is 1.98. The van der Waals surface area contributed by atoms with Crippen molar-refractivity contribution in [3.05, 3.63) is 48.0 Å². The molecule has 0 aliphatic rings. The van der Waals surface area contributed by atoms with Crippen molar-refractivity contribution in [3.8, 4) is 0 Å². The van der Waals surface area contributed by atoms with E-state index in [2.05, 4.69) is 6.58 Å². The van der Waals surface area contributed by atoms with Crippen LogP contribution in [-0.4, -0.2) is 5.78 Å². The first-order valence-electron chi connectivity index (χ1n) is 5.96. The van der Waals surface area contributed by atoms with Gasteiger partial charge < -0.3 is 4.42 Å². The summed E-state index contributed by atoms with van der Waals surface area (Å²) in [4.78, 5) is 12.0. The van der Waals surface area contributed by atoms with Crippen molar-refractivity contribution in [1.29, 1.82) is 0 Å². The molecule has 0 amide bonds. The lowest BCUT2D eigenvalue weighted by atomic mass is 10.1. The molecule has 0 N–H and O–H groups in total. The molecule has 1 aromatic carbocycles. The minimum Gasteiger partial charge on any atom is -0.453 e. The van der Waals surface area contributed by atoms with Crippen molar-refractivity contribution in [1.82, 2.24) is 0 Å². The molecule has 0 aliphatic heterocycles. The molecular weight excluding hydrogens is 231 g/mol. The van der Waals surface area contributed by atoms with Gasteiger partial charge in [-0.1, -0.05) is 6.08 Å². The Morgan fingerprint density at radius 2 is 2.28 bits per heavy atom. The van der Waals surface area contributed by atoms with E-state index < -0.39 is 0 Å². The highest BCUT2D eigenvalue weighted by Gasteiger charge is 2.17. The quantitative estimate of drug-likeness (QED) is 0.444. The van der Waals surface area contributed by atoms with E-state index in [0.29, 0.717) is 28.7 Å². The maximum Gasteiger partial charge on any atom is 0.198 e. The van der Waals surface area contributed by atoms with Crippen molar-refractivity contribution < 1.29 is 13.6 Å². The molecule has 3 heteroatoms. The van der Waals surface area contributed by atoms with Gasteiger partial charge in [-0.25, -0.2) is 4.39 Å². The summed E-state index contributed by atoms with van der Waals surface area (Å²) >= 11 is 0. The van der Waals surface area contributed by atoms with E-state index in [0.717, 1.165) is 12.8 Å². The highest BCUT2D eigenvalue weighted by atomic mass is 19.1. The maximum absolute atomic E-state index is 13.1. The summed E-state index contributed by atoms with van der Waals surface area (Å²) in [5, 5.41) is 0.669. The zero-order chi connectivity index (χ0) is 13.1. The van der Waals surface area contributed by atoms with Crippen LogP contribution in [-0.2, 0) is 0 Å². The van der Waals surface area contributed by atoms with Crippen LogP contribution < -0.4 is 0 Å². The molecular formula is C15H15FO2. The molecule has 1 heterocycles. The lowest BCUT2D eigenvalue weighted by molar-refractivity contribution is 0.0955. The first-order chi connectivity index (χ1) is 8.63. The number of furan rings is 1. The third-order valence-electron chi connectivity index (χ3n) is 2.96. The van der Waals surface area contributed by atoms with Gasteiger partial charge in [0, 0.05) is 17.4 Å². The molecule has 2 nitrogen and oxygen atoms in total. The Morgan fingerprint density at radius 1 is 1.50 bits per heavy atom. The molecule has 0 saturated heterocycles. The SMILES string of the molecule is C=CCCCC(=O)c1oc2ccc(F)cc2c1C. The first-order valence-corrected chi connectivity index (χ1v) is 5.96. The number of hydrogen-bond acceptors (Lipinski definition) is 2. The number of unbranched alkanes of at least 4 members (excludes halogenated alkanes) is 1. The number of rotatable bonds is 5. The number of hydrogen-bond donors (Lipinski definition) is 0. The van der Waals surface area contributed by atoms with Crippen LogP contribution in [0.25, 0.3) is 11.0 Å². The van der Waals surface area contributed by atoms with E-state index in [1.54, 1.807) is 19.1 Å². The van der Waals surface area contributed by atoms with Crippen molar-refractivity contribution in [2.75, 3.05) is 0 Å². The molecule has 0 fully saturated rings. The predicted molar refractivity (Wildman–Crippen MR) is 69.3 cm³/mol. The lowest BCUT2D eigenvalue weighted by Gasteiger charge is -1.96. The highest BCUT2D eigenvalue weighted by Crippen LogP contribution is 2.27. The van der Waals surface area contributed by atoms with Gasteiger partial charge in [0.1, 0.15) is 11.4 Å². The largest absolute Gasteiger partial charge is 0.453 e. The van der Waals surface area contributed by atoms with Crippen molar-refractivity contribution in [2.24, 2.45) is 0 Å². The Bertz CT molecular complexity index is 596. The Labute approximate surface area is 105 Å². The van der Waals surface area contributed by atoms with Crippen molar-refractivity contribution in [2.45, 2.75) is 26.2 Å². The Morgan fingerprint density at radius 3 is 3.00 bits per heavy atom. The molecule has 0 saturated carbocycles. The molecule has 0 aliphatic carbocycles. The van der Waals surface area contributed by atoms with E-state index in [4.69, 9.17) is 4.42 Å². The molecule has 18 heavy (non-hydrogen) atoms. The van der Waals surface area contributed by atoms with Crippen LogP contribution in [0, 0.1) is 12.7 Å². The molecule has 2 aromatic rings. The normalized spacial score (nSPS) is 10.8. The lowest BCUT2D eigenvalue weighted by Crippen LogP contribution is -1.98. The molecule has 0 bridgehead atoms. The predicted octanol–water partition coefficient (Wildman–Crippen LogP) is 4.42. The van der Waals surface area contributed by atoms with Crippen molar-refractivity contribution in [3.63, 3.8) is 0 Å². The van der Waals surface area contributed by atoms with Gasteiger partial charge in [-0.3, -0.25) is 4.79 Å². The number of ketones is 1. The number of aryl methyl sites for hydroxylation is 1. The summed E-state index contributed by atoms with van der Waals surface area (Å²) in [6.07, 6.45) is 3.77. The fourth-order valence-corrected chi connectivity index (χ4v) is 1.98. The minimum absolute atomic E-state index is 0.0361. The van der Waals surface area contributed by atoms with Crippen LogP contribution >= 0.6 is 0 Å². The van der Waals surface area contributed by atoms with Crippen LogP contribution in [0.1, 0.15) is 35.4 Å². The van der Waals surface area contributed by atoms with E-state index in [-0.39, 0.29) is 11.6 Å². The molecule has 0 atom stereocenters. The standard InChI is InChI=1S/C15H15FO2/c1-3-4-5-6-13(17)15-10(2)12-9-11(16)7-8-14(12)18-15/h3,7-9H,1,4-6H2,2H3. The molecule has 1 aromatic heterocycles. The third-order valence-corrected chi connectivity index (χ3v) is 2.96. The Hall–Kier alpha value is -1.90. The van der Waals surface area contributed by atoms with E-state index in [1.807, 2.05) is 0 Å². The molecule has 94 valence electrons. The summed E-state index contributed by atoms with van der Waals surface area (Å²) in [6.45, 7) is 5.40. The number of Topliss-reactive ketones (excluding diaryl/α,β-unsaturated/α-hetero) is 1. The van der Waals surface area contributed by atoms with Crippen LogP contribution in [0.15, 0.2) is 35.3 Å². The molecule has 2 rings (SSSR count). The van der Waals surface area contributed by atoms with Gasteiger partial charge in [-0.2, -0.15) is 0 Å². The van der Waals surface area contributed by atoms with Crippen LogP contribution in [0.3, 0.4) is 0 Å². The number of carbonyl (C=O) groups is 1. The van der Waals surface area contributed by atoms with Gasteiger partial charge in [0.05, 0.1) is 0 Å². The van der Waals surface area contributed by atoms with Gasteiger partial charge in [0.25, 0.3) is 0 Å². The first kappa shape index (κ1) is 12.6. The number of fused-ring (bicyclic) bond motifs is 1. The molecule has 0 unspecified atom stereocenters. The number of carbonyl (C=O) groups excluding carboxylic acids is 1. The zero-order valence-electron chi connectivity index (χ0n) is 10.3. The second kappa shape index (κ2) is 5.17. The number of allylic oxidation sites excluding steroid dienone is 1. The summed E-state index contributed by atoms with van der Waals surface area (Å²) < 4.78 is 18.6. The topological polar surface area (TPSA) is 30.2 Å². The van der Waals surface area contributed by atoms with Gasteiger partial charge >= 0.3 is 0 Å². The monoisotopic (exact) mass is 246 g/mol. The average molecular weight is 246 g/mol. The highest BCUT2D eigenvalue weighted by molar-refractivity contribution is 6.00. The van der Waals surface area contributed by atoms with E-state index in [9.17, 15) is 9.18 Å². The van der Waals surface area contributed by atoms with E-state index >= 15 is 0 Å². The van der Waals surface area contributed by atoms with Crippen molar-refractivity contribution >= 4 is 16.8 Å². The summed E-state index contributed by atoms with van der Waals surface area (Å²) in [6, 6.07) is 4.28. The van der Waals surface area contributed by atoms with Crippen LogP contribution in [0.4, 0.5) is 4.39 Å². The third kappa shape index (κ3) is 2.35. The fraction of sp³-hybridized carbons (Fsp3) is 0.267. The van der Waals surface area contributed by atoms with Gasteiger partial charge in [-0.15, -0.1) is 6.58 Å². The van der Waals surface area contributed by atoms with Gasteiger partial charge in [0.15, 0.2) is 11.5 Å². The second-order valence-electron chi connectivity index (χ2n) is 4.30. The Kier molecular flexibility index (Phi) is 3.60. The second-order valence-corrected chi connectivity index (χ2v) is 4.30. The van der Waals surface area contributed by atoms with Crippen LogP contribution in [0.2, 0.25) is 0 Å². The van der Waals surface area contributed by atoms with Gasteiger partial charge in [-0.05, 0) is 38.0 Å². The summed E-state index contributed by atoms with van der Waals surface area (Å²) in [5.41, 5.74) is 1.27. The Balaban J connectivity index is 2.31. The maximum atomic E-state index is 13.1. The number of halogens is 1. The molecule has 0 spiro atoms.